The van der Waals surface area contributed by atoms with Gasteiger partial charge in [-0.3, -0.25) is 14.4 Å². The summed E-state index contributed by atoms with van der Waals surface area (Å²) in [5, 5.41) is 28.3. The van der Waals surface area contributed by atoms with Crippen molar-refractivity contribution in [2.75, 3.05) is 17.2 Å². The number of carboxylic acid groups (broad SMARTS) is 1. The molecule has 25 nitrogen and oxygen atoms in total. The van der Waals surface area contributed by atoms with Crippen LogP contribution in [0.4, 0.5) is 45.0 Å². The second-order valence-corrected chi connectivity index (χ2v) is 25.2. The molecule has 8 N–H and O–H groups in total. The fourth-order valence-electron chi connectivity index (χ4n) is 7.59. The van der Waals surface area contributed by atoms with Crippen LogP contribution in [0.25, 0.3) is 0 Å². The van der Waals surface area contributed by atoms with Crippen molar-refractivity contribution in [2.45, 2.75) is 108 Å². The zero-order valence-electron chi connectivity index (χ0n) is 49.0. The number of hydrogen-bond acceptors (Lipinski definition) is 21. The third kappa shape index (κ3) is 20.6. The van der Waals surface area contributed by atoms with E-state index < -0.39 is 67.0 Å². The van der Waals surface area contributed by atoms with Crippen LogP contribution in [0.3, 0.4) is 0 Å². The second kappa shape index (κ2) is 29.2. The SMILES string of the molecule is Cc1ccc(S(=O)(=O)n2cnc(C[C@H](CC(=O)OC(C)(C)C)C(=O)O)c2)cc1.Cc1ccc(S(=O)(=O)n2cnc(C[C@H](NC(=O)OC(C)(C)C)C(=O)Cc3ccc(N=Nc4ccccc4)c(N)n3)c2)cc1.Nc1ccc(N=Nc2ccccc2)c(N)n1. The number of rotatable bonds is 19. The van der Waals surface area contributed by atoms with Crippen LogP contribution >= 0.6 is 0 Å². The number of hydrogen-bond donors (Lipinski definition) is 5. The number of imidazole rings is 2. The van der Waals surface area contributed by atoms with Crippen molar-refractivity contribution in [2.24, 2.45) is 26.4 Å². The molecular weight excluding hydrogens is 1160 g/mol. The predicted octanol–water partition coefficient (Wildman–Crippen LogP) is 10.1. The number of alkyl carbamates (subject to hydrolysis) is 1. The largest absolute Gasteiger partial charge is 0.481 e. The van der Waals surface area contributed by atoms with Crippen LogP contribution < -0.4 is 22.5 Å². The number of anilines is 3. The number of carboxylic acids is 1. The molecule has 0 aliphatic carbocycles. The van der Waals surface area contributed by atoms with Gasteiger partial charge in [-0.05, 0) is 128 Å². The molecule has 4 aromatic carbocycles. The van der Waals surface area contributed by atoms with Crippen LogP contribution in [-0.4, -0.2) is 90.9 Å². The van der Waals surface area contributed by atoms with E-state index in [9.17, 15) is 41.1 Å². The minimum absolute atomic E-state index is 0.0849. The van der Waals surface area contributed by atoms with E-state index in [0.717, 1.165) is 37.4 Å². The Kier molecular flexibility index (Phi) is 22.2. The average molecular weight is 1230 g/mol. The van der Waals surface area contributed by atoms with Gasteiger partial charge in [-0.1, -0.05) is 71.8 Å². The molecule has 8 rings (SSSR count). The van der Waals surface area contributed by atoms with E-state index in [4.69, 9.17) is 26.7 Å². The van der Waals surface area contributed by atoms with Crippen LogP contribution in [0.5, 0.6) is 0 Å². The minimum atomic E-state index is -3.90. The van der Waals surface area contributed by atoms with E-state index in [1.807, 2.05) is 62.4 Å². The highest BCUT2D eigenvalue weighted by Crippen LogP contribution is 2.26. The quantitative estimate of drug-likeness (QED) is 0.0371. The van der Waals surface area contributed by atoms with E-state index in [-0.39, 0.29) is 58.5 Å². The molecule has 4 aromatic heterocycles. The molecule has 0 unspecified atom stereocenters. The lowest BCUT2D eigenvalue weighted by atomic mass is 10.00. The minimum Gasteiger partial charge on any atom is -0.481 e. The highest BCUT2D eigenvalue weighted by Gasteiger charge is 2.29. The van der Waals surface area contributed by atoms with Gasteiger partial charge in [0, 0.05) is 25.2 Å². The van der Waals surface area contributed by atoms with Gasteiger partial charge >= 0.3 is 18.0 Å². The smallest absolute Gasteiger partial charge is 0.408 e. The number of amides is 1. The summed E-state index contributed by atoms with van der Waals surface area (Å²) >= 11 is 0. The molecule has 4 heterocycles. The zero-order valence-corrected chi connectivity index (χ0v) is 50.7. The molecule has 87 heavy (non-hydrogen) atoms. The second-order valence-electron chi connectivity index (χ2n) is 21.5. The number of carbonyl (C=O) groups excluding carboxylic acids is 3. The summed E-state index contributed by atoms with van der Waals surface area (Å²) in [5.74, 6) is -2.56. The van der Waals surface area contributed by atoms with Gasteiger partial charge in [0.25, 0.3) is 20.0 Å². The van der Waals surface area contributed by atoms with Gasteiger partial charge in [-0.15, -0.1) is 10.2 Å². The van der Waals surface area contributed by atoms with Gasteiger partial charge < -0.3 is 37.1 Å². The van der Waals surface area contributed by atoms with Gasteiger partial charge in [0.1, 0.15) is 41.0 Å². The molecule has 0 saturated carbocycles. The van der Waals surface area contributed by atoms with Gasteiger partial charge in [0.15, 0.2) is 17.4 Å². The monoisotopic (exact) mass is 1220 g/mol. The Morgan fingerprint density at radius 1 is 0.575 bits per heavy atom. The molecule has 0 spiro atoms. The number of nitrogens with zero attached hydrogens (tertiary/aromatic N) is 10. The van der Waals surface area contributed by atoms with Crippen molar-refractivity contribution in [1.29, 1.82) is 0 Å². The molecule has 0 aliphatic heterocycles. The number of ketones is 1. The molecule has 8 aromatic rings. The maximum absolute atomic E-state index is 13.4. The molecule has 2 atom stereocenters. The van der Waals surface area contributed by atoms with Crippen molar-refractivity contribution >= 4 is 84.1 Å². The predicted molar refractivity (Wildman–Crippen MR) is 326 cm³/mol. The van der Waals surface area contributed by atoms with E-state index in [0.29, 0.717) is 28.6 Å². The normalized spacial score (nSPS) is 12.5. The number of Topliss-reactive ketones (excluding diaryl/α,β-unsaturated/α-hetero) is 1. The summed E-state index contributed by atoms with van der Waals surface area (Å²) in [6.45, 7) is 13.9. The number of ether oxygens (including phenoxy) is 2. The summed E-state index contributed by atoms with van der Waals surface area (Å²) in [4.78, 5) is 66.0. The molecule has 0 radical (unpaired) electrons. The van der Waals surface area contributed by atoms with Crippen molar-refractivity contribution in [3.8, 4) is 0 Å². The standard InChI is InChI=1S/C30H33N7O5S.C19H24N2O6S.C11H11N5/c1-20-10-13-24(14-11-20)43(40,41)37-18-23(32-19-37)16-26(34-29(39)42-30(2,3)4)27(38)17-22-12-15-25(28(31)33-22)36-35-21-8-6-5-7-9-21;1-13-5-7-16(8-6-13)28(25,26)21-11-15(20-12-21)9-14(18(23)24)10-17(22)27-19(2,3)4;12-10-7-6-9(11(13)14-10)16-15-8-4-2-1-3-5-8/h5-15,18-19,26H,16-17H2,1-4H3,(H2,31,33)(H,34,39);5-8,11-12,14H,9-10H2,1-4H3,(H,23,24);1-7H,(H4,12,13,14)/t26-;14-;/m01./s1. The van der Waals surface area contributed by atoms with Gasteiger partial charge in [-0.25, -0.2) is 49.5 Å². The van der Waals surface area contributed by atoms with Crippen molar-refractivity contribution in [3.63, 3.8) is 0 Å². The summed E-state index contributed by atoms with van der Waals surface area (Å²) in [5.41, 5.74) is 20.6. The number of benzene rings is 4. The lowest BCUT2D eigenvalue weighted by Gasteiger charge is -2.23. The lowest BCUT2D eigenvalue weighted by molar-refractivity contribution is -0.159. The van der Waals surface area contributed by atoms with E-state index in [1.54, 1.807) is 102 Å². The number of esters is 1. The highest BCUT2D eigenvalue weighted by atomic mass is 32.2. The van der Waals surface area contributed by atoms with Crippen LogP contribution in [0.2, 0.25) is 0 Å². The van der Waals surface area contributed by atoms with Crippen LogP contribution in [0, 0.1) is 19.8 Å². The lowest BCUT2D eigenvalue weighted by Crippen LogP contribution is -2.45. The Morgan fingerprint density at radius 2 is 1.02 bits per heavy atom. The number of aryl methyl sites for hydroxylation is 2. The Hall–Kier alpha value is -10.0. The van der Waals surface area contributed by atoms with E-state index >= 15 is 0 Å². The maximum atomic E-state index is 13.4. The third-order valence-electron chi connectivity index (χ3n) is 11.8. The van der Waals surface area contributed by atoms with Gasteiger partial charge in [-0.2, -0.15) is 10.2 Å². The molecule has 27 heteroatoms. The fourth-order valence-corrected chi connectivity index (χ4v) is 9.90. The molecule has 0 aliphatic rings. The molecule has 0 bridgehead atoms. The first-order valence-corrected chi connectivity index (χ1v) is 29.7. The maximum Gasteiger partial charge on any atom is 0.408 e. The highest BCUT2D eigenvalue weighted by molar-refractivity contribution is 7.90. The third-order valence-corrected chi connectivity index (χ3v) is 15.1. The Labute approximate surface area is 504 Å². The van der Waals surface area contributed by atoms with E-state index in [1.165, 1.54) is 36.7 Å². The summed E-state index contributed by atoms with van der Waals surface area (Å²) in [7, 11) is -7.72. The van der Waals surface area contributed by atoms with Gasteiger partial charge in [0.05, 0.1) is 63.0 Å². The number of carbonyl (C=O) groups is 4. The topological polar surface area (TPSA) is 376 Å². The summed E-state index contributed by atoms with van der Waals surface area (Å²) in [6.07, 6.45) is 3.36. The molecular formula is C60H68N14O11S2. The number of nitrogens with two attached hydrogens (primary N) is 3. The number of nitrogen functional groups attached to an aromatic ring is 3. The summed E-state index contributed by atoms with van der Waals surface area (Å²) in [6, 6.07) is 36.7. The molecule has 0 fully saturated rings. The van der Waals surface area contributed by atoms with Crippen molar-refractivity contribution in [3.05, 3.63) is 187 Å². The van der Waals surface area contributed by atoms with Crippen LogP contribution in [0.15, 0.2) is 189 Å². The number of pyridine rings is 2. The molecule has 0 saturated heterocycles. The fraction of sp³-hybridized carbons (Fsp3) is 0.267. The molecule has 456 valence electrons. The van der Waals surface area contributed by atoms with Crippen LogP contribution in [0.1, 0.15) is 76.2 Å². The first-order chi connectivity index (χ1) is 40.9. The number of aliphatic carboxylic acids is 1. The molecule has 1 amide bonds. The average Bonchev–Trinajstić information content (AvgIpc) is 2.46. The van der Waals surface area contributed by atoms with E-state index in [2.05, 4.69) is 45.7 Å². The van der Waals surface area contributed by atoms with Crippen LogP contribution in [-0.2, 0) is 63.2 Å². The van der Waals surface area contributed by atoms with Gasteiger partial charge in [0.2, 0.25) is 0 Å². The van der Waals surface area contributed by atoms with Crippen molar-refractivity contribution in [1.82, 2.24) is 33.2 Å². The first-order valence-electron chi connectivity index (χ1n) is 26.8. The number of nitrogens with one attached hydrogen (secondary N) is 1. The number of azo groups is 2. The summed E-state index contributed by atoms with van der Waals surface area (Å²) < 4.78 is 63.9. The van der Waals surface area contributed by atoms with Crippen molar-refractivity contribution < 1.29 is 50.6 Å². The first kappa shape index (κ1) is 66.1. The Balaban J connectivity index is 0.000000233. The zero-order chi connectivity index (χ0) is 63.7. The number of aromatic nitrogens is 6. The Bertz CT molecular complexity index is 3960. The Morgan fingerprint density at radius 3 is 1.46 bits per heavy atom.